The topological polar surface area (TPSA) is 87.7 Å². The smallest absolute Gasteiger partial charge is 0.417 e. The number of rotatable bonds is 8. The van der Waals surface area contributed by atoms with E-state index in [4.69, 9.17) is 27.9 Å². The van der Waals surface area contributed by atoms with Crippen molar-refractivity contribution in [3.63, 3.8) is 0 Å². The minimum Gasteiger partial charge on any atom is -0.484 e. The Balaban J connectivity index is 1.27. The fourth-order valence-corrected chi connectivity index (χ4v) is 4.31. The molecule has 1 aliphatic heterocycles. The molecule has 0 saturated carbocycles. The van der Waals surface area contributed by atoms with E-state index >= 15 is 0 Å². The molecule has 1 atom stereocenters. The van der Waals surface area contributed by atoms with Gasteiger partial charge >= 0.3 is 6.18 Å². The molecule has 0 bridgehead atoms. The van der Waals surface area contributed by atoms with Crippen LogP contribution in [0.5, 0.6) is 5.75 Å². The van der Waals surface area contributed by atoms with Crippen LogP contribution in [-0.2, 0) is 27.1 Å². The van der Waals surface area contributed by atoms with Crippen molar-refractivity contribution in [1.29, 1.82) is 0 Å². The van der Waals surface area contributed by atoms with Gasteiger partial charge in [0.2, 0.25) is 11.8 Å². The third-order valence-electron chi connectivity index (χ3n) is 5.95. The van der Waals surface area contributed by atoms with Crippen molar-refractivity contribution >= 4 is 52.3 Å². The molecule has 7 nitrogen and oxygen atoms in total. The quantitative estimate of drug-likeness (QED) is 0.358. The van der Waals surface area contributed by atoms with Crippen molar-refractivity contribution in [2.45, 2.75) is 19.1 Å². The van der Waals surface area contributed by atoms with Gasteiger partial charge in [-0.3, -0.25) is 14.4 Å². The lowest BCUT2D eigenvalue weighted by Gasteiger charge is -2.17. The van der Waals surface area contributed by atoms with Crippen LogP contribution in [0.15, 0.2) is 66.7 Å². The molecule has 39 heavy (non-hydrogen) atoms. The van der Waals surface area contributed by atoms with Gasteiger partial charge in [-0.05, 0) is 60.2 Å². The first-order valence-electron chi connectivity index (χ1n) is 11.7. The maximum absolute atomic E-state index is 13.0. The number of carbonyl (C=O) groups excluding carboxylic acids is 3. The minimum atomic E-state index is -4.66. The summed E-state index contributed by atoms with van der Waals surface area (Å²) in [6.45, 7) is 0.0819. The molecule has 3 aromatic carbocycles. The largest absolute Gasteiger partial charge is 0.484 e. The van der Waals surface area contributed by atoms with E-state index in [9.17, 15) is 27.6 Å². The second kappa shape index (κ2) is 12.0. The van der Waals surface area contributed by atoms with Gasteiger partial charge < -0.3 is 20.3 Å². The zero-order valence-corrected chi connectivity index (χ0v) is 21.7. The number of ether oxygens (including phenoxy) is 1. The average molecular weight is 580 g/mol. The van der Waals surface area contributed by atoms with E-state index in [0.717, 1.165) is 17.7 Å². The Morgan fingerprint density at radius 1 is 1.00 bits per heavy atom. The number of carbonyl (C=O) groups is 3. The van der Waals surface area contributed by atoms with E-state index < -0.39 is 35.2 Å². The van der Waals surface area contributed by atoms with Crippen molar-refractivity contribution in [2.75, 3.05) is 23.4 Å². The van der Waals surface area contributed by atoms with Crippen LogP contribution in [-0.4, -0.2) is 30.9 Å². The minimum absolute atomic E-state index is 0.0741. The SMILES string of the molecule is O=C(COc1ccc(N2C[C@@H](C(=O)NCc3ccc(Cl)cc3)CC2=O)cc1)Nc1ccc(Cl)c(C(F)(F)F)c1. The highest BCUT2D eigenvalue weighted by atomic mass is 35.5. The Bertz CT molecular complexity index is 1370. The average Bonchev–Trinajstić information content (AvgIpc) is 3.29. The fourth-order valence-electron chi connectivity index (χ4n) is 3.96. The first-order chi connectivity index (χ1) is 18.5. The second-order valence-electron chi connectivity index (χ2n) is 8.77. The number of nitrogens with one attached hydrogen (secondary N) is 2. The fraction of sp³-hybridized carbons (Fsp3) is 0.222. The number of benzene rings is 3. The summed E-state index contributed by atoms with van der Waals surface area (Å²) in [4.78, 5) is 38.8. The van der Waals surface area contributed by atoms with Gasteiger partial charge in [-0.1, -0.05) is 35.3 Å². The van der Waals surface area contributed by atoms with Crippen LogP contribution in [0.3, 0.4) is 0 Å². The maximum atomic E-state index is 13.0. The van der Waals surface area contributed by atoms with Gasteiger partial charge in [-0.25, -0.2) is 0 Å². The van der Waals surface area contributed by atoms with E-state index in [1.54, 1.807) is 36.4 Å². The van der Waals surface area contributed by atoms with E-state index in [2.05, 4.69) is 10.6 Å². The molecule has 204 valence electrons. The van der Waals surface area contributed by atoms with Crippen molar-refractivity contribution in [1.82, 2.24) is 5.32 Å². The van der Waals surface area contributed by atoms with E-state index in [0.29, 0.717) is 23.0 Å². The van der Waals surface area contributed by atoms with Crippen LogP contribution in [0.2, 0.25) is 10.0 Å². The summed E-state index contributed by atoms with van der Waals surface area (Å²) in [7, 11) is 0. The first-order valence-corrected chi connectivity index (χ1v) is 12.5. The molecular weight excluding hydrogens is 558 g/mol. The lowest BCUT2D eigenvalue weighted by molar-refractivity contribution is -0.137. The molecular formula is C27H22Cl2F3N3O4. The Kier molecular flexibility index (Phi) is 8.66. The zero-order chi connectivity index (χ0) is 28.2. The molecule has 1 heterocycles. The highest BCUT2D eigenvalue weighted by molar-refractivity contribution is 6.31. The van der Waals surface area contributed by atoms with Crippen LogP contribution < -0.4 is 20.3 Å². The molecule has 3 amide bonds. The van der Waals surface area contributed by atoms with Gasteiger partial charge in [0.15, 0.2) is 6.61 Å². The van der Waals surface area contributed by atoms with Gasteiger partial charge in [0.25, 0.3) is 5.91 Å². The Labute approximate surface area is 231 Å². The molecule has 0 radical (unpaired) electrons. The monoisotopic (exact) mass is 579 g/mol. The molecule has 1 saturated heterocycles. The van der Waals surface area contributed by atoms with Crippen LogP contribution in [0.25, 0.3) is 0 Å². The lowest BCUT2D eigenvalue weighted by atomic mass is 10.1. The lowest BCUT2D eigenvalue weighted by Crippen LogP contribution is -2.32. The summed E-state index contributed by atoms with van der Waals surface area (Å²) in [6.07, 6.45) is -4.58. The highest BCUT2D eigenvalue weighted by Crippen LogP contribution is 2.36. The van der Waals surface area contributed by atoms with E-state index in [1.807, 2.05) is 12.1 Å². The molecule has 4 rings (SSSR count). The number of anilines is 2. The first kappa shape index (κ1) is 28.3. The Morgan fingerprint density at radius 2 is 1.69 bits per heavy atom. The van der Waals surface area contributed by atoms with Crippen molar-refractivity contribution < 1.29 is 32.3 Å². The third kappa shape index (κ3) is 7.42. The van der Waals surface area contributed by atoms with Gasteiger partial charge in [-0.15, -0.1) is 0 Å². The predicted molar refractivity (Wildman–Crippen MR) is 141 cm³/mol. The van der Waals surface area contributed by atoms with Crippen molar-refractivity contribution in [3.05, 3.63) is 87.9 Å². The summed E-state index contributed by atoms with van der Waals surface area (Å²) in [5.41, 5.74) is 0.314. The number of amides is 3. The molecule has 0 unspecified atom stereocenters. The molecule has 0 aromatic heterocycles. The highest BCUT2D eigenvalue weighted by Gasteiger charge is 2.35. The molecule has 0 aliphatic carbocycles. The second-order valence-corrected chi connectivity index (χ2v) is 9.62. The molecule has 0 spiro atoms. The van der Waals surface area contributed by atoms with Crippen LogP contribution in [0, 0.1) is 5.92 Å². The van der Waals surface area contributed by atoms with E-state index in [-0.39, 0.29) is 30.5 Å². The number of hydrogen-bond acceptors (Lipinski definition) is 4. The molecule has 12 heteroatoms. The number of hydrogen-bond donors (Lipinski definition) is 2. The maximum Gasteiger partial charge on any atom is 0.417 e. The zero-order valence-electron chi connectivity index (χ0n) is 20.2. The van der Waals surface area contributed by atoms with Gasteiger partial charge in [-0.2, -0.15) is 13.2 Å². The van der Waals surface area contributed by atoms with Crippen LogP contribution in [0.4, 0.5) is 24.5 Å². The van der Waals surface area contributed by atoms with Crippen LogP contribution in [0.1, 0.15) is 17.5 Å². The Hall–Kier alpha value is -3.76. The summed E-state index contributed by atoms with van der Waals surface area (Å²) < 4.78 is 44.4. The van der Waals surface area contributed by atoms with Gasteiger partial charge in [0.05, 0.1) is 16.5 Å². The number of halogens is 5. The molecule has 1 aliphatic rings. The number of nitrogens with zero attached hydrogens (tertiary/aromatic N) is 1. The summed E-state index contributed by atoms with van der Waals surface area (Å²) >= 11 is 11.5. The normalized spacial score (nSPS) is 15.3. The predicted octanol–water partition coefficient (Wildman–Crippen LogP) is 5.70. The van der Waals surface area contributed by atoms with Gasteiger partial charge in [0, 0.05) is 35.9 Å². The van der Waals surface area contributed by atoms with Crippen LogP contribution >= 0.6 is 23.2 Å². The number of alkyl halides is 3. The third-order valence-corrected chi connectivity index (χ3v) is 6.53. The molecule has 1 fully saturated rings. The summed E-state index contributed by atoms with van der Waals surface area (Å²) in [5, 5.41) is 5.30. The van der Waals surface area contributed by atoms with Crippen molar-refractivity contribution in [2.24, 2.45) is 5.92 Å². The summed E-state index contributed by atoms with van der Waals surface area (Å²) in [6, 6.07) is 16.5. The Morgan fingerprint density at radius 3 is 2.36 bits per heavy atom. The molecule has 2 N–H and O–H groups in total. The van der Waals surface area contributed by atoms with Gasteiger partial charge in [0.1, 0.15) is 5.75 Å². The summed E-state index contributed by atoms with van der Waals surface area (Å²) in [5.74, 6) is -1.29. The van der Waals surface area contributed by atoms with Crippen molar-refractivity contribution in [3.8, 4) is 5.75 Å². The molecule has 3 aromatic rings. The standard InChI is InChI=1S/C27H22Cl2F3N3O4/c28-18-3-1-16(2-4-18)13-33-26(38)17-11-25(37)35(14-17)20-6-8-21(9-7-20)39-15-24(36)34-19-5-10-23(29)22(12-19)27(30,31)32/h1-10,12,17H,11,13-15H2,(H,33,38)(H,34,36)/t17-/m0/s1. The van der Waals surface area contributed by atoms with E-state index in [1.165, 1.54) is 11.0 Å².